The van der Waals surface area contributed by atoms with Crippen LogP contribution >= 0.6 is 0 Å². The predicted molar refractivity (Wildman–Crippen MR) is 89.0 cm³/mol. The van der Waals surface area contributed by atoms with E-state index in [9.17, 15) is 14.4 Å². The molecule has 0 aliphatic heterocycles. The number of rotatable bonds is 8. The van der Waals surface area contributed by atoms with Crippen LogP contribution in [0.1, 0.15) is 65.7 Å². The van der Waals surface area contributed by atoms with Crippen molar-refractivity contribution in [1.29, 1.82) is 0 Å². The van der Waals surface area contributed by atoms with Crippen LogP contribution in [0.3, 0.4) is 0 Å². The van der Waals surface area contributed by atoms with Crippen molar-refractivity contribution in [2.24, 2.45) is 0 Å². The molecule has 0 saturated carbocycles. The van der Waals surface area contributed by atoms with Crippen LogP contribution in [0, 0.1) is 13.8 Å². The Hall–Kier alpha value is -2.31. The molecule has 0 unspecified atom stereocenters. The molecule has 7 heteroatoms. The van der Waals surface area contributed by atoms with Crippen LogP contribution in [0.4, 0.5) is 0 Å². The quantitative estimate of drug-likeness (QED) is 0.709. The summed E-state index contributed by atoms with van der Waals surface area (Å²) in [6, 6.07) is 0.0346. The van der Waals surface area contributed by atoms with Crippen molar-refractivity contribution in [3.63, 3.8) is 0 Å². The molecule has 1 aromatic rings. The summed E-state index contributed by atoms with van der Waals surface area (Å²) in [5.74, 6) is -1.51. The molecule has 0 spiro atoms. The molecule has 1 heterocycles. The maximum atomic E-state index is 12.2. The van der Waals surface area contributed by atoms with E-state index in [1.165, 1.54) is 0 Å². The average molecular weight is 338 g/mol. The molecular formula is C17H26N2O5. The minimum Gasteiger partial charge on any atom is -0.461 e. The zero-order valence-corrected chi connectivity index (χ0v) is 14.9. The lowest BCUT2D eigenvalue weighted by molar-refractivity contribution is -0.124. The SMILES string of the molecule is CCC[C@H](C)NC(=O)COC(=O)c1c(C)[nH]c(C(=O)OCC)c1C. The third-order valence-corrected chi connectivity index (χ3v) is 3.58. The fourth-order valence-corrected chi connectivity index (χ4v) is 2.49. The first-order valence-corrected chi connectivity index (χ1v) is 8.14. The van der Waals surface area contributed by atoms with Gasteiger partial charge in [0.05, 0.1) is 12.2 Å². The van der Waals surface area contributed by atoms with E-state index in [0.29, 0.717) is 11.3 Å². The lowest BCUT2D eigenvalue weighted by Crippen LogP contribution is -2.35. The van der Waals surface area contributed by atoms with E-state index >= 15 is 0 Å². The lowest BCUT2D eigenvalue weighted by atomic mass is 10.1. The summed E-state index contributed by atoms with van der Waals surface area (Å²) in [6.45, 7) is 8.82. The fraction of sp³-hybridized carbons (Fsp3) is 0.588. The van der Waals surface area contributed by atoms with Crippen LogP contribution in [-0.2, 0) is 14.3 Å². The highest BCUT2D eigenvalue weighted by molar-refractivity contribution is 5.99. The number of hydrogen-bond acceptors (Lipinski definition) is 5. The highest BCUT2D eigenvalue weighted by Gasteiger charge is 2.24. The van der Waals surface area contributed by atoms with Crippen LogP contribution < -0.4 is 5.32 Å². The summed E-state index contributed by atoms with van der Waals surface area (Å²) in [4.78, 5) is 38.7. The van der Waals surface area contributed by atoms with Crippen molar-refractivity contribution < 1.29 is 23.9 Å². The van der Waals surface area contributed by atoms with Crippen LogP contribution in [-0.4, -0.2) is 42.1 Å². The molecular weight excluding hydrogens is 312 g/mol. The van der Waals surface area contributed by atoms with Crippen LogP contribution in [0.15, 0.2) is 0 Å². The zero-order chi connectivity index (χ0) is 18.3. The van der Waals surface area contributed by atoms with Crippen molar-refractivity contribution in [3.8, 4) is 0 Å². The summed E-state index contributed by atoms with van der Waals surface area (Å²) in [7, 11) is 0. The second-order valence-corrected chi connectivity index (χ2v) is 5.68. The number of esters is 2. The minimum atomic E-state index is -0.643. The van der Waals surface area contributed by atoms with Crippen molar-refractivity contribution in [3.05, 3.63) is 22.5 Å². The molecule has 0 saturated heterocycles. The molecule has 24 heavy (non-hydrogen) atoms. The van der Waals surface area contributed by atoms with Gasteiger partial charge >= 0.3 is 11.9 Å². The van der Waals surface area contributed by atoms with Gasteiger partial charge in [-0.2, -0.15) is 0 Å². The van der Waals surface area contributed by atoms with Gasteiger partial charge in [-0.1, -0.05) is 13.3 Å². The topological polar surface area (TPSA) is 97.5 Å². The molecule has 134 valence electrons. The number of hydrogen-bond donors (Lipinski definition) is 2. The van der Waals surface area contributed by atoms with E-state index < -0.39 is 11.9 Å². The minimum absolute atomic E-state index is 0.0346. The van der Waals surface area contributed by atoms with Gasteiger partial charge in [0, 0.05) is 11.7 Å². The van der Waals surface area contributed by atoms with Gasteiger partial charge in [0.15, 0.2) is 6.61 Å². The standard InChI is InChI=1S/C17H26N2O5/c1-6-8-10(3)18-13(20)9-24-16(21)14-11(4)15(19-12(14)5)17(22)23-7-2/h10,19H,6-9H2,1-5H3,(H,18,20)/t10-/m0/s1. The number of aromatic nitrogens is 1. The molecule has 7 nitrogen and oxygen atoms in total. The Bertz CT molecular complexity index is 606. The number of H-pyrrole nitrogens is 1. The summed E-state index contributed by atoms with van der Waals surface area (Å²) >= 11 is 0. The third kappa shape index (κ3) is 5.11. The largest absolute Gasteiger partial charge is 0.461 e. The van der Waals surface area contributed by atoms with Gasteiger partial charge in [-0.25, -0.2) is 9.59 Å². The molecule has 1 aromatic heterocycles. The highest BCUT2D eigenvalue weighted by Crippen LogP contribution is 2.19. The Balaban J connectivity index is 2.72. The first-order valence-electron chi connectivity index (χ1n) is 8.14. The van der Waals surface area contributed by atoms with Crippen LogP contribution in [0.5, 0.6) is 0 Å². The van der Waals surface area contributed by atoms with E-state index in [-0.39, 0.29) is 36.4 Å². The third-order valence-electron chi connectivity index (χ3n) is 3.58. The molecule has 0 aliphatic carbocycles. The molecule has 1 atom stereocenters. The Kier molecular flexibility index (Phi) is 7.48. The number of amides is 1. The van der Waals surface area contributed by atoms with Gasteiger partial charge in [0.25, 0.3) is 5.91 Å². The van der Waals surface area contributed by atoms with E-state index in [2.05, 4.69) is 10.3 Å². The fourth-order valence-electron chi connectivity index (χ4n) is 2.49. The number of aryl methyl sites for hydroxylation is 1. The van der Waals surface area contributed by atoms with Crippen molar-refractivity contribution >= 4 is 17.8 Å². The van der Waals surface area contributed by atoms with E-state index in [1.807, 2.05) is 13.8 Å². The Labute approximate surface area is 142 Å². The predicted octanol–water partition coefficient (Wildman–Crippen LogP) is 2.27. The van der Waals surface area contributed by atoms with Gasteiger partial charge < -0.3 is 19.8 Å². The van der Waals surface area contributed by atoms with Crippen molar-refractivity contribution in [2.75, 3.05) is 13.2 Å². The number of ether oxygens (including phenoxy) is 2. The normalized spacial score (nSPS) is 11.7. The second-order valence-electron chi connectivity index (χ2n) is 5.68. The van der Waals surface area contributed by atoms with Gasteiger partial charge in [-0.15, -0.1) is 0 Å². The smallest absolute Gasteiger partial charge is 0.355 e. The molecule has 0 aromatic carbocycles. The molecule has 0 aliphatic rings. The first-order chi connectivity index (χ1) is 11.3. The molecule has 0 bridgehead atoms. The molecule has 2 N–H and O–H groups in total. The maximum absolute atomic E-state index is 12.2. The van der Waals surface area contributed by atoms with E-state index in [1.54, 1.807) is 20.8 Å². The summed E-state index contributed by atoms with van der Waals surface area (Å²) in [5.41, 5.74) is 1.44. The summed E-state index contributed by atoms with van der Waals surface area (Å²) in [5, 5.41) is 2.76. The number of carbonyl (C=O) groups excluding carboxylic acids is 3. The Morgan fingerprint density at radius 2 is 1.79 bits per heavy atom. The summed E-state index contributed by atoms with van der Waals surface area (Å²) in [6.07, 6.45) is 1.82. The number of nitrogens with one attached hydrogen (secondary N) is 2. The lowest BCUT2D eigenvalue weighted by Gasteiger charge is -2.12. The van der Waals surface area contributed by atoms with E-state index in [0.717, 1.165) is 12.8 Å². The van der Waals surface area contributed by atoms with Gasteiger partial charge in [-0.3, -0.25) is 4.79 Å². The monoisotopic (exact) mass is 338 g/mol. The first kappa shape index (κ1) is 19.7. The Morgan fingerprint density at radius 3 is 2.38 bits per heavy atom. The van der Waals surface area contributed by atoms with Gasteiger partial charge in [-0.05, 0) is 39.7 Å². The van der Waals surface area contributed by atoms with Gasteiger partial charge in [0.2, 0.25) is 0 Å². The zero-order valence-electron chi connectivity index (χ0n) is 14.9. The highest BCUT2D eigenvalue weighted by atomic mass is 16.5. The molecule has 1 rings (SSSR count). The van der Waals surface area contributed by atoms with Crippen LogP contribution in [0.2, 0.25) is 0 Å². The van der Waals surface area contributed by atoms with Crippen molar-refractivity contribution in [1.82, 2.24) is 10.3 Å². The number of carbonyl (C=O) groups is 3. The number of aromatic amines is 1. The summed E-state index contributed by atoms with van der Waals surface area (Å²) < 4.78 is 10.00. The molecule has 1 amide bonds. The van der Waals surface area contributed by atoms with E-state index in [4.69, 9.17) is 9.47 Å². The molecule has 0 radical (unpaired) electrons. The van der Waals surface area contributed by atoms with Gasteiger partial charge in [0.1, 0.15) is 5.69 Å². The maximum Gasteiger partial charge on any atom is 0.355 e. The van der Waals surface area contributed by atoms with Crippen molar-refractivity contribution in [2.45, 2.75) is 53.5 Å². The Morgan fingerprint density at radius 1 is 1.12 bits per heavy atom. The average Bonchev–Trinajstić information content (AvgIpc) is 2.80. The molecule has 0 fully saturated rings. The van der Waals surface area contributed by atoms with Crippen LogP contribution in [0.25, 0.3) is 0 Å². The second kappa shape index (κ2) is 9.10.